The van der Waals surface area contributed by atoms with Crippen LogP contribution in [0.15, 0.2) is 18.3 Å². The summed E-state index contributed by atoms with van der Waals surface area (Å²) in [6.45, 7) is 1.73. The SMILES string of the molecule is Cc1nnnn1-c1ncccc1O. The minimum Gasteiger partial charge on any atom is -0.504 e. The molecule has 2 rings (SSSR count). The Morgan fingerprint density at radius 3 is 2.92 bits per heavy atom. The number of aromatic nitrogens is 5. The number of hydrogen-bond acceptors (Lipinski definition) is 5. The fourth-order valence-corrected chi connectivity index (χ4v) is 0.979. The standard InChI is InChI=1S/C7H7N5O/c1-5-9-10-11-12(5)7-6(13)3-2-4-8-7/h2-4,13H,1H3. The van der Waals surface area contributed by atoms with Crippen LogP contribution in [-0.4, -0.2) is 30.3 Å². The Bertz CT molecular complexity index is 424. The Morgan fingerprint density at radius 1 is 1.46 bits per heavy atom. The van der Waals surface area contributed by atoms with Crippen LogP contribution in [0.1, 0.15) is 5.82 Å². The predicted molar refractivity (Wildman–Crippen MR) is 43.4 cm³/mol. The molecule has 0 saturated heterocycles. The van der Waals surface area contributed by atoms with Crippen molar-refractivity contribution in [2.24, 2.45) is 0 Å². The second-order valence-corrected chi connectivity index (χ2v) is 2.48. The van der Waals surface area contributed by atoms with Crippen LogP contribution in [0, 0.1) is 6.92 Å². The third-order valence-corrected chi connectivity index (χ3v) is 1.59. The van der Waals surface area contributed by atoms with Crippen LogP contribution in [0.25, 0.3) is 5.82 Å². The first-order valence-corrected chi connectivity index (χ1v) is 3.68. The van der Waals surface area contributed by atoms with Gasteiger partial charge in [0.15, 0.2) is 17.4 Å². The summed E-state index contributed by atoms with van der Waals surface area (Å²) in [4.78, 5) is 3.95. The van der Waals surface area contributed by atoms with Gasteiger partial charge in [0.05, 0.1) is 0 Å². The van der Waals surface area contributed by atoms with E-state index in [-0.39, 0.29) is 5.75 Å². The lowest BCUT2D eigenvalue weighted by atomic mass is 10.4. The molecule has 0 aliphatic carbocycles. The first-order valence-electron chi connectivity index (χ1n) is 3.68. The van der Waals surface area contributed by atoms with Gasteiger partial charge in [0.25, 0.3) is 0 Å². The Morgan fingerprint density at radius 2 is 2.31 bits per heavy atom. The molecule has 0 aliphatic heterocycles. The summed E-state index contributed by atoms with van der Waals surface area (Å²) in [5.74, 6) is 0.969. The molecule has 0 aliphatic rings. The summed E-state index contributed by atoms with van der Waals surface area (Å²) in [5, 5.41) is 20.2. The van der Waals surface area contributed by atoms with Gasteiger partial charge in [0.1, 0.15) is 0 Å². The molecule has 0 bridgehead atoms. The Hall–Kier alpha value is -1.98. The number of aryl methyl sites for hydroxylation is 1. The summed E-state index contributed by atoms with van der Waals surface area (Å²) >= 11 is 0. The maximum absolute atomic E-state index is 9.43. The van der Waals surface area contributed by atoms with Gasteiger partial charge in [-0.1, -0.05) is 0 Å². The first kappa shape index (κ1) is 7.66. The molecule has 13 heavy (non-hydrogen) atoms. The molecule has 2 heterocycles. The van der Waals surface area contributed by atoms with E-state index in [2.05, 4.69) is 20.5 Å². The van der Waals surface area contributed by atoms with Crippen molar-refractivity contribution in [1.82, 2.24) is 25.2 Å². The maximum Gasteiger partial charge on any atom is 0.199 e. The van der Waals surface area contributed by atoms with Gasteiger partial charge in [-0.15, -0.1) is 5.10 Å². The minimum absolute atomic E-state index is 0.0536. The van der Waals surface area contributed by atoms with Gasteiger partial charge in [-0.05, 0) is 29.5 Å². The lowest BCUT2D eigenvalue weighted by Crippen LogP contribution is -2.01. The van der Waals surface area contributed by atoms with Crippen molar-refractivity contribution in [2.45, 2.75) is 6.92 Å². The van der Waals surface area contributed by atoms with Gasteiger partial charge in [-0.2, -0.15) is 4.68 Å². The van der Waals surface area contributed by atoms with Crippen LogP contribution in [0.2, 0.25) is 0 Å². The molecule has 0 atom stereocenters. The Labute approximate surface area is 73.9 Å². The molecule has 66 valence electrons. The second kappa shape index (κ2) is 2.81. The zero-order valence-corrected chi connectivity index (χ0v) is 6.92. The molecule has 0 radical (unpaired) electrons. The van der Waals surface area contributed by atoms with Crippen LogP contribution in [0.3, 0.4) is 0 Å². The van der Waals surface area contributed by atoms with Gasteiger partial charge in [0, 0.05) is 6.20 Å². The Balaban J connectivity index is 2.59. The quantitative estimate of drug-likeness (QED) is 0.667. The number of tetrazole rings is 1. The van der Waals surface area contributed by atoms with Gasteiger partial charge >= 0.3 is 0 Å². The Kier molecular flexibility index (Phi) is 1.66. The van der Waals surface area contributed by atoms with E-state index in [0.717, 1.165) is 0 Å². The second-order valence-electron chi connectivity index (χ2n) is 2.48. The highest BCUT2D eigenvalue weighted by Crippen LogP contribution is 2.16. The highest BCUT2D eigenvalue weighted by atomic mass is 16.3. The van der Waals surface area contributed by atoms with Crippen molar-refractivity contribution in [3.63, 3.8) is 0 Å². The molecule has 6 heteroatoms. The van der Waals surface area contributed by atoms with Gasteiger partial charge in [0.2, 0.25) is 0 Å². The molecule has 1 N–H and O–H groups in total. The minimum atomic E-state index is 0.0536. The van der Waals surface area contributed by atoms with Crippen LogP contribution < -0.4 is 0 Å². The van der Waals surface area contributed by atoms with Crippen LogP contribution in [0.4, 0.5) is 0 Å². The van der Waals surface area contributed by atoms with Gasteiger partial charge in [-0.3, -0.25) is 0 Å². The first-order chi connectivity index (χ1) is 6.29. The molecular weight excluding hydrogens is 170 g/mol. The van der Waals surface area contributed by atoms with E-state index in [4.69, 9.17) is 0 Å². The van der Waals surface area contributed by atoms with Crippen LogP contribution in [0.5, 0.6) is 5.75 Å². The third kappa shape index (κ3) is 1.22. The molecule has 0 amide bonds. The zero-order chi connectivity index (χ0) is 9.26. The summed E-state index contributed by atoms with van der Waals surface area (Å²) in [6.07, 6.45) is 1.57. The molecule has 6 nitrogen and oxygen atoms in total. The highest BCUT2D eigenvalue weighted by molar-refractivity contribution is 5.37. The largest absolute Gasteiger partial charge is 0.504 e. The van der Waals surface area contributed by atoms with Gasteiger partial charge in [-0.25, -0.2) is 4.98 Å². The summed E-state index contributed by atoms with van der Waals surface area (Å²) in [7, 11) is 0. The smallest absolute Gasteiger partial charge is 0.199 e. The fourth-order valence-electron chi connectivity index (χ4n) is 0.979. The number of aromatic hydroxyl groups is 1. The average Bonchev–Trinajstić information content (AvgIpc) is 2.52. The molecule has 0 unspecified atom stereocenters. The topological polar surface area (TPSA) is 76.7 Å². The number of hydrogen-bond donors (Lipinski definition) is 1. The van der Waals surface area contributed by atoms with E-state index in [0.29, 0.717) is 11.6 Å². The number of pyridine rings is 1. The zero-order valence-electron chi connectivity index (χ0n) is 6.92. The van der Waals surface area contributed by atoms with Crippen molar-refractivity contribution in [3.05, 3.63) is 24.2 Å². The lowest BCUT2D eigenvalue weighted by molar-refractivity contribution is 0.465. The summed E-state index contributed by atoms with van der Waals surface area (Å²) < 4.78 is 1.37. The predicted octanol–water partition coefficient (Wildman–Crippen LogP) is 0.0713. The molecule has 0 aromatic carbocycles. The van der Waals surface area contributed by atoms with Crippen molar-refractivity contribution in [3.8, 4) is 11.6 Å². The van der Waals surface area contributed by atoms with Crippen molar-refractivity contribution in [2.75, 3.05) is 0 Å². The van der Waals surface area contributed by atoms with Crippen LogP contribution in [-0.2, 0) is 0 Å². The summed E-state index contributed by atoms with van der Waals surface area (Å²) in [5.41, 5.74) is 0. The average molecular weight is 177 g/mol. The van der Waals surface area contributed by atoms with Crippen molar-refractivity contribution in [1.29, 1.82) is 0 Å². The van der Waals surface area contributed by atoms with Crippen LogP contribution >= 0.6 is 0 Å². The number of nitrogens with zero attached hydrogens (tertiary/aromatic N) is 5. The van der Waals surface area contributed by atoms with Gasteiger partial charge < -0.3 is 5.11 Å². The molecule has 2 aromatic heterocycles. The molecule has 0 fully saturated rings. The number of rotatable bonds is 1. The van der Waals surface area contributed by atoms with E-state index in [9.17, 15) is 5.11 Å². The normalized spacial score (nSPS) is 10.2. The summed E-state index contributed by atoms with van der Waals surface area (Å²) in [6, 6.07) is 3.17. The highest BCUT2D eigenvalue weighted by Gasteiger charge is 2.08. The van der Waals surface area contributed by atoms with Crippen molar-refractivity contribution < 1.29 is 5.11 Å². The van der Waals surface area contributed by atoms with E-state index >= 15 is 0 Å². The monoisotopic (exact) mass is 177 g/mol. The van der Waals surface area contributed by atoms with E-state index < -0.39 is 0 Å². The van der Waals surface area contributed by atoms with E-state index in [1.54, 1.807) is 19.2 Å². The maximum atomic E-state index is 9.43. The molecule has 2 aromatic rings. The molecule has 0 saturated carbocycles. The van der Waals surface area contributed by atoms with E-state index in [1.165, 1.54) is 10.7 Å². The van der Waals surface area contributed by atoms with Crippen molar-refractivity contribution >= 4 is 0 Å². The molecule has 0 spiro atoms. The van der Waals surface area contributed by atoms with E-state index in [1.807, 2.05) is 0 Å². The fraction of sp³-hybridized carbons (Fsp3) is 0.143. The molecular formula is C7H7N5O. The lowest BCUT2D eigenvalue weighted by Gasteiger charge is -2.01. The third-order valence-electron chi connectivity index (χ3n) is 1.59.